The van der Waals surface area contributed by atoms with Crippen molar-refractivity contribution in [2.75, 3.05) is 11.4 Å². The molecule has 0 radical (unpaired) electrons. The van der Waals surface area contributed by atoms with E-state index in [1.807, 2.05) is 0 Å². The minimum Gasteiger partial charge on any atom is -0.481 e. The van der Waals surface area contributed by atoms with Crippen LogP contribution in [-0.4, -0.2) is 39.4 Å². The Morgan fingerprint density at radius 2 is 1.91 bits per heavy atom. The third kappa shape index (κ3) is 4.13. The molecule has 0 saturated carbocycles. The lowest BCUT2D eigenvalue weighted by molar-refractivity contribution is -0.142. The van der Waals surface area contributed by atoms with Gasteiger partial charge in [-0.05, 0) is 48.7 Å². The second kappa shape index (κ2) is 8.92. The summed E-state index contributed by atoms with van der Waals surface area (Å²) in [5, 5.41) is 13.8. The first kappa shape index (κ1) is 21.7. The van der Waals surface area contributed by atoms with Gasteiger partial charge in [-0.2, -0.15) is 0 Å². The van der Waals surface area contributed by atoms with Crippen molar-refractivity contribution in [2.45, 2.75) is 25.8 Å². The number of hydrogen-bond acceptors (Lipinski definition) is 5. The molecular formula is C23H21ClN4O4. The summed E-state index contributed by atoms with van der Waals surface area (Å²) in [6, 6.07) is 13.2. The molecule has 2 N–H and O–H groups in total. The van der Waals surface area contributed by atoms with Gasteiger partial charge in [0.15, 0.2) is 5.65 Å². The highest BCUT2D eigenvalue weighted by Gasteiger charge is 2.45. The Labute approximate surface area is 189 Å². The molecule has 4 rings (SSSR count). The van der Waals surface area contributed by atoms with Crippen molar-refractivity contribution < 1.29 is 19.5 Å². The van der Waals surface area contributed by atoms with Crippen molar-refractivity contribution in [1.29, 1.82) is 0 Å². The number of aliphatic carboxylic acids is 1. The van der Waals surface area contributed by atoms with Gasteiger partial charge in [0.2, 0.25) is 5.91 Å². The summed E-state index contributed by atoms with van der Waals surface area (Å²) in [7, 11) is 0. The largest absolute Gasteiger partial charge is 0.481 e. The standard InChI is InChI=1S/C23H21ClN4O4/c1-13(29)25-12-4-7-17(23(31)32)20-15-5-2-3-6-16(15)22(30)28(20)19-11-9-14-8-10-18(24)26-21(14)27-19/h2-3,5-6,8-11,17,20H,4,7,12H2,1H3,(H,25,29)(H,31,32). The van der Waals surface area contributed by atoms with Gasteiger partial charge in [0.05, 0.1) is 12.0 Å². The third-order valence-corrected chi connectivity index (χ3v) is 5.73. The van der Waals surface area contributed by atoms with Crippen LogP contribution in [0.25, 0.3) is 11.0 Å². The molecule has 164 valence electrons. The molecular weight excluding hydrogens is 432 g/mol. The lowest BCUT2D eigenvalue weighted by Crippen LogP contribution is -2.36. The number of nitrogens with one attached hydrogen (secondary N) is 1. The molecule has 2 amide bonds. The molecule has 0 spiro atoms. The summed E-state index contributed by atoms with van der Waals surface area (Å²) in [6.45, 7) is 1.77. The molecule has 3 heterocycles. The number of aromatic nitrogens is 2. The predicted molar refractivity (Wildman–Crippen MR) is 120 cm³/mol. The second-order valence-corrected chi connectivity index (χ2v) is 8.01. The molecule has 32 heavy (non-hydrogen) atoms. The quantitative estimate of drug-likeness (QED) is 0.418. The van der Waals surface area contributed by atoms with Gasteiger partial charge in [0.25, 0.3) is 5.91 Å². The van der Waals surface area contributed by atoms with Gasteiger partial charge in [-0.15, -0.1) is 0 Å². The number of pyridine rings is 2. The van der Waals surface area contributed by atoms with E-state index >= 15 is 0 Å². The van der Waals surface area contributed by atoms with E-state index in [0.29, 0.717) is 35.6 Å². The Morgan fingerprint density at radius 1 is 1.16 bits per heavy atom. The zero-order valence-corrected chi connectivity index (χ0v) is 18.0. The fourth-order valence-corrected chi connectivity index (χ4v) is 4.23. The van der Waals surface area contributed by atoms with Gasteiger partial charge in [-0.3, -0.25) is 19.3 Å². The van der Waals surface area contributed by atoms with Crippen LogP contribution in [0.4, 0.5) is 5.82 Å². The average Bonchev–Trinajstić information content (AvgIpc) is 3.05. The molecule has 1 aliphatic rings. The number of anilines is 1. The van der Waals surface area contributed by atoms with E-state index in [0.717, 1.165) is 5.39 Å². The van der Waals surface area contributed by atoms with Crippen LogP contribution in [-0.2, 0) is 9.59 Å². The average molecular weight is 453 g/mol. The number of nitrogens with zero attached hydrogens (tertiary/aromatic N) is 3. The molecule has 0 aliphatic carbocycles. The highest BCUT2D eigenvalue weighted by molar-refractivity contribution is 6.29. The number of rotatable bonds is 7. The van der Waals surface area contributed by atoms with E-state index in [2.05, 4.69) is 15.3 Å². The van der Waals surface area contributed by atoms with Gasteiger partial charge >= 0.3 is 5.97 Å². The van der Waals surface area contributed by atoms with E-state index in [4.69, 9.17) is 11.6 Å². The number of halogens is 1. The van der Waals surface area contributed by atoms with Crippen LogP contribution in [0.2, 0.25) is 5.15 Å². The number of carboxylic acids is 1. The summed E-state index contributed by atoms with van der Waals surface area (Å²) in [6.07, 6.45) is 0.732. The highest BCUT2D eigenvalue weighted by atomic mass is 35.5. The Kier molecular flexibility index (Phi) is 6.05. The van der Waals surface area contributed by atoms with E-state index < -0.39 is 17.9 Å². The van der Waals surface area contributed by atoms with Crippen molar-refractivity contribution in [2.24, 2.45) is 5.92 Å². The number of benzene rings is 1. The maximum absolute atomic E-state index is 13.3. The number of amides is 2. The van der Waals surface area contributed by atoms with Crippen molar-refractivity contribution in [3.8, 4) is 0 Å². The van der Waals surface area contributed by atoms with Gasteiger partial charge < -0.3 is 10.4 Å². The molecule has 2 unspecified atom stereocenters. The first-order chi connectivity index (χ1) is 15.4. The monoisotopic (exact) mass is 452 g/mol. The molecule has 1 aliphatic heterocycles. The molecule has 0 fully saturated rings. The minimum atomic E-state index is -1.02. The van der Waals surface area contributed by atoms with Crippen LogP contribution in [0.5, 0.6) is 0 Å². The molecule has 0 bridgehead atoms. The molecule has 2 aromatic heterocycles. The topological polar surface area (TPSA) is 112 Å². The molecule has 3 aromatic rings. The van der Waals surface area contributed by atoms with Crippen molar-refractivity contribution in [3.05, 3.63) is 64.8 Å². The van der Waals surface area contributed by atoms with Crippen LogP contribution < -0.4 is 10.2 Å². The van der Waals surface area contributed by atoms with Crippen LogP contribution >= 0.6 is 11.6 Å². The van der Waals surface area contributed by atoms with Crippen LogP contribution in [0, 0.1) is 5.92 Å². The molecule has 8 nitrogen and oxygen atoms in total. The Bertz CT molecular complexity index is 1220. The zero-order valence-electron chi connectivity index (χ0n) is 17.3. The minimum absolute atomic E-state index is 0.175. The molecule has 1 aromatic carbocycles. The maximum atomic E-state index is 13.3. The van der Waals surface area contributed by atoms with Gasteiger partial charge in [-0.25, -0.2) is 9.97 Å². The fraction of sp³-hybridized carbons (Fsp3) is 0.261. The molecule has 2 atom stereocenters. The second-order valence-electron chi connectivity index (χ2n) is 7.63. The zero-order chi connectivity index (χ0) is 22.8. The summed E-state index contributed by atoms with van der Waals surface area (Å²) >= 11 is 6.01. The van der Waals surface area contributed by atoms with Crippen molar-refractivity contribution >= 4 is 46.2 Å². The number of carboxylic acid groups (broad SMARTS) is 1. The molecule has 0 saturated heterocycles. The summed E-state index contributed by atoms with van der Waals surface area (Å²) in [4.78, 5) is 47.0. The van der Waals surface area contributed by atoms with E-state index in [1.165, 1.54) is 11.8 Å². The van der Waals surface area contributed by atoms with E-state index in [1.54, 1.807) is 48.5 Å². The number of fused-ring (bicyclic) bond motifs is 2. The van der Waals surface area contributed by atoms with Crippen LogP contribution in [0.1, 0.15) is 41.7 Å². The number of carbonyl (C=O) groups is 3. The first-order valence-electron chi connectivity index (χ1n) is 10.2. The van der Waals surface area contributed by atoms with Gasteiger partial charge in [0, 0.05) is 24.4 Å². The summed E-state index contributed by atoms with van der Waals surface area (Å²) in [5.74, 6) is -2.08. The lowest BCUT2D eigenvalue weighted by atomic mass is 9.89. The number of carbonyl (C=O) groups excluding carboxylic acids is 2. The van der Waals surface area contributed by atoms with Gasteiger partial charge in [0.1, 0.15) is 11.0 Å². The summed E-state index contributed by atoms with van der Waals surface area (Å²) < 4.78 is 0. The predicted octanol–water partition coefficient (Wildman–Crippen LogP) is 3.60. The highest BCUT2D eigenvalue weighted by Crippen LogP contribution is 2.43. The SMILES string of the molecule is CC(=O)NCCCC(C(=O)O)C1c2ccccc2C(=O)N1c1ccc2ccc(Cl)nc2n1. The van der Waals surface area contributed by atoms with Crippen LogP contribution in [0.3, 0.4) is 0 Å². The smallest absolute Gasteiger partial charge is 0.308 e. The fourth-order valence-electron chi connectivity index (χ4n) is 4.09. The van der Waals surface area contributed by atoms with Crippen molar-refractivity contribution in [3.63, 3.8) is 0 Å². The molecule has 9 heteroatoms. The third-order valence-electron chi connectivity index (χ3n) is 5.52. The maximum Gasteiger partial charge on any atom is 0.308 e. The Morgan fingerprint density at radius 3 is 2.66 bits per heavy atom. The lowest BCUT2D eigenvalue weighted by Gasteiger charge is -2.29. The van der Waals surface area contributed by atoms with E-state index in [-0.39, 0.29) is 23.4 Å². The normalized spacial score (nSPS) is 16.1. The van der Waals surface area contributed by atoms with E-state index in [9.17, 15) is 19.5 Å². The van der Waals surface area contributed by atoms with Crippen LogP contribution in [0.15, 0.2) is 48.5 Å². The Balaban J connectivity index is 1.75. The first-order valence-corrected chi connectivity index (χ1v) is 10.6. The number of hydrogen-bond donors (Lipinski definition) is 2. The van der Waals surface area contributed by atoms with Crippen molar-refractivity contribution in [1.82, 2.24) is 15.3 Å². The van der Waals surface area contributed by atoms with Gasteiger partial charge in [-0.1, -0.05) is 29.8 Å². The Hall–Kier alpha value is -3.52. The summed E-state index contributed by atoms with van der Waals surface area (Å²) in [5.41, 5.74) is 1.46.